The molecule has 3 aromatic rings. The number of nitrogens with zero attached hydrogens (tertiary/aromatic N) is 3. The Morgan fingerprint density at radius 2 is 1.76 bits per heavy atom. The third-order valence-electron chi connectivity index (χ3n) is 4.83. The molecule has 154 valence electrons. The molecule has 1 aromatic heterocycles. The summed E-state index contributed by atoms with van der Waals surface area (Å²) in [5.41, 5.74) is 6.17. The number of alkyl halides is 3. The number of carbonyl (C=O) groups is 1. The Morgan fingerprint density at radius 1 is 1.10 bits per heavy atom. The van der Waals surface area contributed by atoms with Crippen molar-refractivity contribution in [2.24, 2.45) is 7.05 Å². The van der Waals surface area contributed by atoms with Crippen molar-refractivity contribution >= 4 is 17.0 Å². The molecule has 2 aromatic carbocycles. The molecule has 8 heteroatoms. The molecule has 0 amide bonds. The number of halogens is 3. The number of aromatic nitrogens is 2. The van der Waals surface area contributed by atoms with E-state index in [-0.39, 0.29) is 0 Å². The Morgan fingerprint density at radius 3 is 2.41 bits per heavy atom. The average molecular weight is 405 g/mol. The molecular formula is C21H22F3N3O2. The summed E-state index contributed by atoms with van der Waals surface area (Å²) in [6.07, 6.45) is -0.523. The zero-order valence-electron chi connectivity index (χ0n) is 16.0. The summed E-state index contributed by atoms with van der Waals surface area (Å²) in [6.45, 7) is 3.55. The van der Waals surface area contributed by atoms with Crippen LogP contribution in [0, 0.1) is 0 Å². The van der Waals surface area contributed by atoms with Gasteiger partial charge in [-0.15, -0.1) is 0 Å². The number of aliphatic carboxylic acids is 1. The number of fused-ring (bicyclic) bond motifs is 1. The molecule has 1 aliphatic heterocycles. The highest BCUT2D eigenvalue weighted by Gasteiger charge is 2.38. The summed E-state index contributed by atoms with van der Waals surface area (Å²) in [4.78, 5) is 15.9. The smallest absolute Gasteiger partial charge is 0.475 e. The van der Waals surface area contributed by atoms with E-state index < -0.39 is 12.1 Å². The van der Waals surface area contributed by atoms with Crippen LogP contribution in [0.3, 0.4) is 0 Å². The van der Waals surface area contributed by atoms with Gasteiger partial charge in [-0.2, -0.15) is 13.2 Å². The van der Waals surface area contributed by atoms with Crippen LogP contribution in [-0.2, 0) is 18.4 Å². The number of carboxylic acids is 1. The van der Waals surface area contributed by atoms with E-state index in [4.69, 9.17) is 9.90 Å². The fourth-order valence-electron chi connectivity index (χ4n) is 3.36. The quantitative estimate of drug-likeness (QED) is 0.699. The Labute approximate surface area is 166 Å². The van der Waals surface area contributed by atoms with Gasteiger partial charge < -0.3 is 9.67 Å². The molecule has 0 atom stereocenters. The lowest BCUT2D eigenvalue weighted by molar-refractivity contribution is -0.192. The van der Waals surface area contributed by atoms with Crippen LogP contribution >= 0.6 is 0 Å². The Balaban J connectivity index is 0.000000298. The molecule has 0 bridgehead atoms. The molecule has 1 fully saturated rings. The molecule has 5 nitrogen and oxygen atoms in total. The van der Waals surface area contributed by atoms with Crippen LogP contribution in [0.2, 0.25) is 0 Å². The molecule has 0 aliphatic carbocycles. The minimum atomic E-state index is -5.08. The van der Waals surface area contributed by atoms with Crippen LogP contribution in [-0.4, -0.2) is 44.8 Å². The normalized spacial score (nSPS) is 14.6. The maximum Gasteiger partial charge on any atom is 0.490 e. The maximum atomic E-state index is 10.6. The van der Waals surface area contributed by atoms with Crippen LogP contribution in [0.5, 0.6) is 0 Å². The van der Waals surface area contributed by atoms with Crippen molar-refractivity contribution < 1.29 is 23.1 Å². The summed E-state index contributed by atoms with van der Waals surface area (Å²) >= 11 is 0. The van der Waals surface area contributed by atoms with Crippen LogP contribution in [0.15, 0.2) is 48.8 Å². The highest BCUT2D eigenvalue weighted by Crippen LogP contribution is 2.25. The number of rotatable bonds is 3. The predicted octanol–water partition coefficient (Wildman–Crippen LogP) is 4.47. The standard InChI is InChI=1S/C19H21N3.C2HF3O2/c1-21-14-20-18-12-17(7-8-19(18)21)16-6-4-5-15(11-16)13-22-9-2-3-10-22;3-2(4,5)1(6)7/h4-8,11-12,14H,2-3,9-10,13H2,1H3;(H,6,7). The van der Waals surface area contributed by atoms with Gasteiger partial charge in [-0.1, -0.05) is 24.3 Å². The summed E-state index contributed by atoms with van der Waals surface area (Å²) in [6, 6.07) is 15.5. The van der Waals surface area contributed by atoms with Crippen molar-refractivity contribution in [1.82, 2.24) is 14.5 Å². The summed E-state index contributed by atoms with van der Waals surface area (Å²) in [7, 11) is 2.03. The molecule has 0 saturated carbocycles. The van der Waals surface area contributed by atoms with E-state index in [2.05, 4.69) is 56.9 Å². The zero-order valence-corrected chi connectivity index (χ0v) is 16.0. The highest BCUT2D eigenvalue weighted by molar-refractivity contribution is 5.82. The van der Waals surface area contributed by atoms with Gasteiger partial charge in [-0.25, -0.2) is 9.78 Å². The van der Waals surface area contributed by atoms with E-state index in [1.54, 1.807) is 0 Å². The van der Waals surface area contributed by atoms with E-state index >= 15 is 0 Å². The van der Waals surface area contributed by atoms with Gasteiger partial charge in [0.1, 0.15) is 0 Å². The van der Waals surface area contributed by atoms with E-state index in [1.165, 1.54) is 48.1 Å². The largest absolute Gasteiger partial charge is 0.490 e. The first-order valence-electron chi connectivity index (χ1n) is 9.27. The number of carboxylic acid groups (broad SMARTS) is 1. The minimum absolute atomic E-state index is 1.06. The van der Waals surface area contributed by atoms with Crippen molar-refractivity contribution in [3.8, 4) is 11.1 Å². The van der Waals surface area contributed by atoms with Gasteiger partial charge in [0.25, 0.3) is 0 Å². The highest BCUT2D eigenvalue weighted by atomic mass is 19.4. The summed E-state index contributed by atoms with van der Waals surface area (Å²) in [5, 5.41) is 7.12. The Hall–Kier alpha value is -2.87. The van der Waals surface area contributed by atoms with Crippen LogP contribution in [0.25, 0.3) is 22.2 Å². The minimum Gasteiger partial charge on any atom is -0.475 e. The van der Waals surface area contributed by atoms with Gasteiger partial charge in [-0.05, 0) is 60.8 Å². The Kier molecular flexibility index (Phi) is 6.22. The van der Waals surface area contributed by atoms with Crippen LogP contribution in [0.4, 0.5) is 13.2 Å². The molecule has 1 N–H and O–H groups in total. The third-order valence-corrected chi connectivity index (χ3v) is 4.83. The number of benzene rings is 2. The van der Waals surface area contributed by atoms with Crippen molar-refractivity contribution in [2.75, 3.05) is 13.1 Å². The topological polar surface area (TPSA) is 58.4 Å². The van der Waals surface area contributed by atoms with Gasteiger partial charge >= 0.3 is 12.1 Å². The monoisotopic (exact) mass is 405 g/mol. The second-order valence-corrected chi connectivity index (χ2v) is 7.05. The lowest BCUT2D eigenvalue weighted by atomic mass is 10.0. The number of likely N-dealkylation sites (tertiary alicyclic amines) is 1. The number of hydrogen-bond donors (Lipinski definition) is 1. The molecule has 0 radical (unpaired) electrons. The van der Waals surface area contributed by atoms with Crippen molar-refractivity contribution in [3.63, 3.8) is 0 Å². The third kappa shape index (κ3) is 5.35. The second kappa shape index (κ2) is 8.65. The van der Waals surface area contributed by atoms with E-state index in [0.717, 1.165) is 12.1 Å². The lowest BCUT2D eigenvalue weighted by Gasteiger charge is -2.15. The fraction of sp³-hybridized carbons (Fsp3) is 0.333. The van der Waals surface area contributed by atoms with E-state index in [1.807, 2.05) is 13.4 Å². The molecule has 1 aliphatic rings. The van der Waals surface area contributed by atoms with Gasteiger partial charge in [0.2, 0.25) is 0 Å². The molecule has 2 heterocycles. The first kappa shape index (κ1) is 20.9. The summed E-state index contributed by atoms with van der Waals surface area (Å²) in [5.74, 6) is -2.76. The molecular weight excluding hydrogens is 383 g/mol. The first-order chi connectivity index (χ1) is 13.7. The van der Waals surface area contributed by atoms with Gasteiger partial charge in [0.05, 0.1) is 17.4 Å². The van der Waals surface area contributed by atoms with Gasteiger partial charge in [-0.3, -0.25) is 4.90 Å². The van der Waals surface area contributed by atoms with Gasteiger partial charge in [0, 0.05) is 13.6 Å². The number of hydrogen-bond acceptors (Lipinski definition) is 3. The van der Waals surface area contributed by atoms with E-state index in [9.17, 15) is 13.2 Å². The molecule has 0 unspecified atom stereocenters. The molecule has 29 heavy (non-hydrogen) atoms. The van der Waals surface area contributed by atoms with E-state index in [0.29, 0.717) is 0 Å². The van der Waals surface area contributed by atoms with Crippen molar-refractivity contribution in [1.29, 1.82) is 0 Å². The van der Waals surface area contributed by atoms with Crippen molar-refractivity contribution in [2.45, 2.75) is 25.6 Å². The SMILES string of the molecule is Cn1cnc2cc(-c3cccc(CN4CCCC4)c3)ccc21.O=C(O)C(F)(F)F. The predicted molar refractivity (Wildman–Crippen MR) is 104 cm³/mol. The zero-order chi connectivity index (χ0) is 21.0. The average Bonchev–Trinajstić information content (AvgIpc) is 3.31. The number of imidazole rings is 1. The molecule has 0 spiro atoms. The van der Waals surface area contributed by atoms with Crippen molar-refractivity contribution in [3.05, 3.63) is 54.4 Å². The maximum absolute atomic E-state index is 10.6. The first-order valence-corrected chi connectivity index (χ1v) is 9.27. The molecule has 1 saturated heterocycles. The number of aryl methyl sites for hydroxylation is 1. The lowest BCUT2D eigenvalue weighted by Crippen LogP contribution is -2.21. The Bertz CT molecular complexity index is 992. The van der Waals surface area contributed by atoms with Gasteiger partial charge in [0.15, 0.2) is 0 Å². The second-order valence-electron chi connectivity index (χ2n) is 7.05. The van der Waals surface area contributed by atoms with Crippen LogP contribution < -0.4 is 0 Å². The fourth-order valence-corrected chi connectivity index (χ4v) is 3.36. The van der Waals surface area contributed by atoms with Crippen LogP contribution in [0.1, 0.15) is 18.4 Å². The summed E-state index contributed by atoms with van der Waals surface area (Å²) < 4.78 is 33.8. The molecule has 4 rings (SSSR count).